The zero-order chi connectivity index (χ0) is 13.9. The molecule has 20 heavy (non-hydrogen) atoms. The van der Waals surface area contributed by atoms with E-state index in [1.165, 1.54) is 4.90 Å². The Balaban J connectivity index is 1.78. The SMILES string of the molecule is O=c1[nH]c(CSc2cccc(Br)c2)nc2c1CCCC2. The maximum atomic E-state index is 12.0. The van der Waals surface area contributed by atoms with E-state index in [-0.39, 0.29) is 5.56 Å². The van der Waals surface area contributed by atoms with Crippen LogP contribution in [-0.4, -0.2) is 9.97 Å². The Morgan fingerprint density at radius 3 is 3.00 bits per heavy atom. The number of hydrogen-bond acceptors (Lipinski definition) is 3. The highest BCUT2D eigenvalue weighted by Crippen LogP contribution is 2.24. The van der Waals surface area contributed by atoms with E-state index in [4.69, 9.17) is 0 Å². The molecule has 0 bridgehead atoms. The minimum Gasteiger partial charge on any atom is -0.310 e. The maximum absolute atomic E-state index is 12.0. The number of benzene rings is 1. The minimum atomic E-state index is 0.0551. The van der Waals surface area contributed by atoms with E-state index >= 15 is 0 Å². The van der Waals surface area contributed by atoms with Gasteiger partial charge in [0.2, 0.25) is 0 Å². The molecule has 3 rings (SSSR count). The zero-order valence-electron chi connectivity index (χ0n) is 11.0. The van der Waals surface area contributed by atoms with Gasteiger partial charge in [0.1, 0.15) is 5.82 Å². The van der Waals surface area contributed by atoms with Crippen LogP contribution in [0.25, 0.3) is 0 Å². The highest BCUT2D eigenvalue weighted by Gasteiger charge is 2.15. The average molecular weight is 351 g/mol. The monoisotopic (exact) mass is 350 g/mol. The van der Waals surface area contributed by atoms with Crippen molar-refractivity contribution < 1.29 is 0 Å². The van der Waals surface area contributed by atoms with Crippen molar-refractivity contribution in [1.29, 1.82) is 0 Å². The molecule has 0 spiro atoms. The van der Waals surface area contributed by atoms with E-state index in [1.807, 2.05) is 12.1 Å². The molecule has 0 saturated carbocycles. The molecule has 0 aliphatic heterocycles. The van der Waals surface area contributed by atoms with E-state index in [2.05, 4.69) is 38.0 Å². The highest BCUT2D eigenvalue weighted by atomic mass is 79.9. The van der Waals surface area contributed by atoms with Gasteiger partial charge in [0, 0.05) is 14.9 Å². The van der Waals surface area contributed by atoms with Crippen LogP contribution in [0.4, 0.5) is 0 Å². The van der Waals surface area contributed by atoms with Crippen molar-refractivity contribution in [1.82, 2.24) is 9.97 Å². The zero-order valence-corrected chi connectivity index (χ0v) is 13.4. The molecule has 1 aliphatic rings. The first-order valence-electron chi connectivity index (χ1n) is 6.72. The molecule has 0 unspecified atom stereocenters. The van der Waals surface area contributed by atoms with Crippen LogP contribution in [0.3, 0.4) is 0 Å². The predicted molar refractivity (Wildman–Crippen MR) is 85.2 cm³/mol. The van der Waals surface area contributed by atoms with Crippen molar-refractivity contribution in [3.05, 3.63) is 56.2 Å². The van der Waals surface area contributed by atoms with Crippen LogP contribution in [0, 0.1) is 0 Å². The third-order valence-electron chi connectivity index (χ3n) is 3.41. The molecule has 1 N–H and O–H groups in total. The number of halogens is 1. The molecule has 5 heteroatoms. The molecule has 2 aromatic rings. The molecule has 1 aromatic heterocycles. The van der Waals surface area contributed by atoms with Gasteiger partial charge in [-0.05, 0) is 43.9 Å². The van der Waals surface area contributed by atoms with Crippen molar-refractivity contribution in [2.24, 2.45) is 0 Å². The summed E-state index contributed by atoms with van der Waals surface area (Å²) in [5, 5.41) is 0. The summed E-state index contributed by atoms with van der Waals surface area (Å²) in [5.74, 6) is 1.47. The van der Waals surface area contributed by atoms with Gasteiger partial charge in [-0.1, -0.05) is 22.0 Å². The number of fused-ring (bicyclic) bond motifs is 1. The average Bonchev–Trinajstić information content (AvgIpc) is 2.45. The first-order valence-corrected chi connectivity index (χ1v) is 8.49. The summed E-state index contributed by atoms with van der Waals surface area (Å²) in [6.45, 7) is 0. The normalized spacial score (nSPS) is 14.1. The molecular formula is C15H15BrN2OS. The Kier molecular flexibility index (Phi) is 4.27. The fraction of sp³-hybridized carbons (Fsp3) is 0.333. The van der Waals surface area contributed by atoms with Gasteiger partial charge >= 0.3 is 0 Å². The molecule has 104 valence electrons. The number of aromatic amines is 1. The lowest BCUT2D eigenvalue weighted by molar-refractivity contribution is 0.651. The van der Waals surface area contributed by atoms with E-state index in [0.717, 1.165) is 47.2 Å². The number of rotatable bonds is 3. The van der Waals surface area contributed by atoms with E-state index in [9.17, 15) is 4.79 Å². The van der Waals surface area contributed by atoms with E-state index in [1.54, 1.807) is 11.8 Å². The van der Waals surface area contributed by atoms with Gasteiger partial charge in [0.15, 0.2) is 0 Å². The number of thioether (sulfide) groups is 1. The third kappa shape index (κ3) is 3.15. The van der Waals surface area contributed by atoms with Crippen molar-refractivity contribution >= 4 is 27.7 Å². The van der Waals surface area contributed by atoms with Gasteiger partial charge < -0.3 is 4.98 Å². The Hall–Kier alpha value is -1.07. The topological polar surface area (TPSA) is 45.8 Å². The lowest BCUT2D eigenvalue weighted by Crippen LogP contribution is -2.22. The number of aryl methyl sites for hydroxylation is 1. The molecule has 0 amide bonds. The lowest BCUT2D eigenvalue weighted by atomic mass is 9.97. The highest BCUT2D eigenvalue weighted by molar-refractivity contribution is 9.10. The molecule has 0 radical (unpaired) electrons. The molecular weight excluding hydrogens is 336 g/mol. The van der Waals surface area contributed by atoms with Crippen molar-refractivity contribution in [2.75, 3.05) is 0 Å². The Labute approximate surface area is 130 Å². The first kappa shape index (κ1) is 13.9. The number of nitrogens with zero attached hydrogens (tertiary/aromatic N) is 1. The number of nitrogens with one attached hydrogen (secondary N) is 1. The Morgan fingerprint density at radius 1 is 1.30 bits per heavy atom. The second kappa shape index (κ2) is 6.14. The summed E-state index contributed by atoms with van der Waals surface area (Å²) in [7, 11) is 0. The van der Waals surface area contributed by atoms with Crippen molar-refractivity contribution in [3.63, 3.8) is 0 Å². The summed E-state index contributed by atoms with van der Waals surface area (Å²) < 4.78 is 1.06. The molecule has 0 saturated heterocycles. The second-order valence-corrected chi connectivity index (χ2v) is 6.86. The summed E-state index contributed by atoms with van der Waals surface area (Å²) in [5.41, 5.74) is 1.96. The third-order valence-corrected chi connectivity index (χ3v) is 4.91. The van der Waals surface area contributed by atoms with E-state index < -0.39 is 0 Å². The largest absolute Gasteiger partial charge is 0.310 e. The van der Waals surface area contributed by atoms with Crippen LogP contribution >= 0.6 is 27.7 Å². The summed E-state index contributed by atoms with van der Waals surface area (Å²) in [6.07, 6.45) is 4.05. The molecule has 1 aromatic carbocycles. The predicted octanol–water partition coefficient (Wildman–Crippen LogP) is 3.70. The van der Waals surface area contributed by atoms with Crippen molar-refractivity contribution in [3.8, 4) is 0 Å². The summed E-state index contributed by atoms with van der Waals surface area (Å²) >= 11 is 5.15. The molecule has 0 atom stereocenters. The number of H-pyrrole nitrogens is 1. The smallest absolute Gasteiger partial charge is 0.254 e. The number of aromatic nitrogens is 2. The fourth-order valence-corrected chi connectivity index (χ4v) is 3.81. The van der Waals surface area contributed by atoms with Gasteiger partial charge in [-0.15, -0.1) is 11.8 Å². The fourth-order valence-electron chi connectivity index (χ4n) is 2.43. The molecule has 3 nitrogen and oxygen atoms in total. The van der Waals surface area contributed by atoms with Crippen LogP contribution in [0.15, 0.2) is 38.4 Å². The van der Waals surface area contributed by atoms with Crippen LogP contribution < -0.4 is 5.56 Å². The van der Waals surface area contributed by atoms with Crippen LogP contribution in [0.2, 0.25) is 0 Å². The standard InChI is InChI=1S/C15H15BrN2OS/c16-10-4-3-5-11(8-10)20-9-14-17-13-7-2-1-6-12(13)15(19)18-14/h3-5,8H,1-2,6-7,9H2,(H,17,18,19). The Morgan fingerprint density at radius 2 is 2.15 bits per heavy atom. The van der Waals surface area contributed by atoms with Gasteiger partial charge in [-0.3, -0.25) is 4.79 Å². The molecule has 0 fully saturated rings. The number of hydrogen-bond donors (Lipinski definition) is 1. The molecule has 1 heterocycles. The van der Waals surface area contributed by atoms with Crippen LogP contribution in [0.1, 0.15) is 29.9 Å². The van der Waals surface area contributed by atoms with Crippen molar-refractivity contribution in [2.45, 2.75) is 36.3 Å². The minimum absolute atomic E-state index is 0.0551. The van der Waals surface area contributed by atoms with Crippen LogP contribution in [0.5, 0.6) is 0 Å². The Bertz CT molecular complexity index is 684. The summed E-state index contributed by atoms with van der Waals surface area (Å²) in [6, 6.07) is 8.14. The quantitative estimate of drug-likeness (QED) is 0.858. The lowest BCUT2D eigenvalue weighted by Gasteiger charge is -2.14. The van der Waals surface area contributed by atoms with Gasteiger partial charge in [0.05, 0.1) is 11.4 Å². The molecule has 1 aliphatic carbocycles. The van der Waals surface area contributed by atoms with Gasteiger partial charge in [-0.25, -0.2) is 4.98 Å². The first-order chi connectivity index (χ1) is 9.72. The second-order valence-electron chi connectivity index (χ2n) is 4.89. The van der Waals surface area contributed by atoms with Crippen LogP contribution in [-0.2, 0) is 18.6 Å². The van der Waals surface area contributed by atoms with Gasteiger partial charge in [0.25, 0.3) is 5.56 Å². The van der Waals surface area contributed by atoms with Gasteiger partial charge in [-0.2, -0.15) is 0 Å². The van der Waals surface area contributed by atoms with E-state index in [0.29, 0.717) is 5.75 Å². The summed E-state index contributed by atoms with van der Waals surface area (Å²) in [4.78, 5) is 20.7. The maximum Gasteiger partial charge on any atom is 0.254 e.